The average molecular weight is 449 g/mol. The van der Waals surface area contributed by atoms with Crippen molar-refractivity contribution in [2.45, 2.75) is 32.2 Å². The van der Waals surface area contributed by atoms with Crippen molar-refractivity contribution < 1.29 is 19.0 Å². The van der Waals surface area contributed by atoms with Gasteiger partial charge in [-0.15, -0.1) is 0 Å². The molecule has 1 saturated carbocycles. The van der Waals surface area contributed by atoms with Gasteiger partial charge in [-0.1, -0.05) is 0 Å². The Kier molecular flexibility index (Phi) is 5.48. The van der Waals surface area contributed by atoms with Gasteiger partial charge in [0.1, 0.15) is 5.75 Å². The van der Waals surface area contributed by atoms with Crippen molar-refractivity contribution in [1.29, 1.82) is 0 Å². The van der Waals surface area contributed by atoms with Gasteiger partial charge in [0.15, 0.2) is 11.5 Å². The number of ether oxygens (including phenoxy) is 3. The summed E-state index contributed by atoms with van der Waals surface area (Å²) in [6.07, 6.45) is 2.52. The van der Waals surface area contributed by atoms with Crippen LogP contribution in [0.5, 0.6) is 17.2 Å². The highest BCUT2D eigenvalue weighted by atomic mass is 16.5. The lowest BCUT2D eigenvalue weighted by molar-refractivity contribution is -0.134. The number of nitrogens with one attached hydrogen (secondary N) is 1. The predicted molar refractivity (Wildman–Crippen MR) is 125 cm³/mol. The molecule has 1 amide bonds. The molecule has 2 aliphatic rings. The second kappa shape index (κ2) is 8.46. The molecule has 7 nitrogen and oxygen atoms in total. The monoisotopic (exact) mass is 448 g/mol. The van der Waals surface area contributed by atoms with Crippen LogP contribution in [0, 0.1) is 5.92 Å². The van der Waals surface area contributed by atoms with Gasteiger partial charge < -0.3 is 24.1 Å². The Bertz CT molecular complexity index is 1280. The summed E-state index contributed by atoms with van der Waals surface area (Å²) in [6, 6.07) is 10.9. The Morgan fingerprint density at radius 3 is 2.52 bits per heavy atom. The summed E-state index contributed by atoms with van der Waals surface area (Å²) >= 11 is 0. The van der Waals surface area contributed by atoms with Crippen LogP contribution in [0.2, 0.25) is 0 Å². The molecular formula is C26H28N2O5. The van der Waals surface area contributed by atoms with Gasteiger partial charge in [0.05, 0.1) is 26.9 Å². The third-order valence-corrected chi connectivity index (χ3v) is 6.53. The number of aromatic amines is 1. The standard InChI is InChI=1S/C26H28N2O5/c1-4-33-18-7-8-21-17(11-18)12-20(25(29)27-21)24-19-14-23(32-3)22(31-2)13-16(19)9-10-28(24)26(30)15-5-6-15/h7-8,11-15,24H,4-6,9-10H2,1-3H3,(H,27,29)/t24-/m0/s1. The van der Waals surface area contributed by atoms with Gasteiger partial charge in [0.2, 0.25) is 5.91 Å². The summed E-state index contributed by atoms with van der Waals surface area (Å²) in [5.41, 5.74) is 3.03. The SMILES string of the molecule is CCOc1ccc2[nH]c(=O)c([C@@H]3c4cc(OC)c(OC)cc4CCN3C(=O)C3CC3)cc2c1. The second-order valence-electron chi connectivity index (χ2n) is 8.60. The van der Waals surface area contributed by atoms with Crippen molar-refractivity contribution in [3.05, 3.63) is 63.4 Å². The molecule has 1 aliphatic carbocycles. The topological polar surface area (TPSA) is 80.9 Å². The van der Waals surface area contributed by atoms with Crippen LogP contribution in [0.15, 0.2) is 41.2 Å². The first-order chi connectivity index (χ1) is 16.0. The van der Waals surface area contributed by atoms with E-state index in [1.807, 2.05) is 48.2 Å². The van der Waals surface area contributed by atoms with Crippen LogP contribution in [-0.2, 0) is 11.2 Å². The number of H-pyrrole nitrogens is 1. The first-order valence-corrected chi connectivity index (χ1v) is 11.4. The first kappa shape index (κ1) is 21.4. The van der Waals surface area contributed by atoms with Gasteiger partial charge in [-0.3, -0.25) is 9.59 Å². The lowest BCUT2D eigenvalue weighted by Crippen LogP contribution is -2.43. The minimum absolute atomic E-state index is 0.0540. The molecule has 5 rings (SSSR count). The van der Waals surface area contributed by atoms with Crippen LogP contribution < -0.4 is 19.8 Å². The Hall–Kier alpha value is -3.48. The molecule has 1 aromatic heterocycles. The summed E-state index contributed by atoms with van der Waals surface area (Å²) < 4.78 is 16.7. The molecule has 1 atom stereocenters. The van der Waals surface area contributed by atoms with E-state index in [1.165, 1.54) is 0 Å². The second-order valence-corrected chi connectivity index (χ2v) is 8.60. The van der Waals surface area contributed by atoms with Crippen molar-refractivity contribution in [2.24, 2.45) is 5.92 Å². The number of nitrogens with zero attached hydrogens (tertiary/aromatic N) is 1. The summed E-state index contributed by atoms with van der Waals surface area (Å²) in [4.78, 5) is 31.5. The zero-order chi connectivity index (χ0) is 23.1. The van der Waals surface area contributed by atoms with E-state index in [4.69, 9.17) is 14.2 Å². The number of hydrogen-bond donors (Lipinski definition) is 1. The van der Waals surface area contributed by atoms with E-state index in [2.05, 4.69) is 4.98 Å². The Labute approximate surface area is 192 Å². The third-order valence-electron chi connectivity index (χ3n) is 6.53. The quantitative estimate of drug-likeness (QED) is 0.620. The number of carbonyl (C=O) groups excluding carboxylic acids is 1. The number of aromatic nitrogens is 1. The van der Waals surface area contributed by atoms with Crippen LogP contribution >= 0.6 is 0 Å². The van der Waals surface area contributed by atoms with Crippen LogP contribution in [-0.4, -0.2) is 43.2 Å². The largest absolute Gasteiger partial charge is 0.494 e. The number of rotatable bonds is 6. The van der Waals surface area contributed by atoms with E-state index in [9.17, 15) is 9.59 Å². The van der Waals surface area contributed by atoms with Crippen molar-refractivity contribution in [2.75, 3.05) is 27.4 Å². The normalized spacial score (nSPS) is 17.5. The molecule has 33 heavy (non-hydrogen) atoms. The molecule has 172 valence electrons. The lowest BCUT2D eigenvalue weighted by atomic mass is 9.87. The van der Waals surface area contributed by atoms with Crippen molar-refractivity contribution in [3.8, 4) is 17.2 Å². The minimum Gasteiger partial charge on any atom is -0.494 e. The molecule has 1 aliphatic heterocycles. The first-order valence-electron chi connectivity index (χ1n) is 11.4. The summed E-state index contributed by atoms with van der Waals surface area (Å²) in [5.74, 6) is 2.13. The maximum absolute atomic E-state index is 13.3. The molecular weight excluding hydrogens is 420 g/mol. The Morgan fingerprint density at radius 2 is 1.82 bits per heavy atom. The van der Waals surface area contributed by atoms with Crippen molar-refractivity contribution in [3.63, 3.8) is 0 Å². The molecule has 2 heterocycles. The van der Waals surface area contributed by atoms with Crippen molar-refractivity contribution in [1.82, 2.24) is 9.88 Å². The van der Waals surface area contributed by atoms with Gasteiger partial charge in [0.25, 0.3) is 5.56 Å². The predicted octanol–water partition coefficient (Wildman–Crippen LogP) is 3.83. The summed E-state index contributed by atoms with van der Waals surface area (Å²) in [7, 11) is 3.20. The van der Waals surface area contributed by atoms with Crippen LogP contribution in [0.25, 0.3) is 10.9 Å². The lowest BCUT2D eigenvalue weighted by Gasteiger charge is -2.38. The van der Waals surface area contributed by atoms with Crippen LogP contribution in [0.4, 0.5) is 0 Å². The number of amides is 1. The number of fused-ring (bicyclic) bond motifs is 2. The zero-order valence-electron chi connectivity index (χ0n) is 19.1. The number of hydrogen-bond acceptors (Lipinski definition) is 5. The summed E-state index contributed by atoms with van der Waals surface area (Å²) in [5, 5.41) is 0.863. The summed E-state index contributed by atoms with van der Waals surface area (Å²) in [6.45, 7) is 3.05. The highest BCUT2D eigenvalue weighted by molar-refractivity contribution is 5.84. The van der Waals surface area contributed by atoms with Gasteiger partial charge in [-0.2, -0.15) is 0 Å². The molecule has 2 aromatic carbocycles. The maximum atomic E-state index is 13.3. The van der Waals surface area contributed by atoms with E-state index < -0.39 is 6.04 Å². The molecule has 1 N–H and O–H groups in total. The third kappa shape index (κ3) is 3.81. The number of methoxy groups -OCH3 is 2. The number of benzene rings is 2. The fraction of sp³-hybridized carbons (Fsp3) is 0.385. The maximum Gasteiger partial charge on any atom is 0.254 e. The van der Waals surface area contributed by atoms with E-state index in [0.29, 0.717) is 36.6 Å². The highest BCUT2D eigenvalue weighted by Gasteiger charge is 2.40. The number of carbonyl (C=O) groups is 1. The van der Waals surface area contributed by atoms with Crippen molar-refractivity contribution >= 4 is 16.8 Å². The molecule has 3 aromatic rings. The van der Waals surface area contributed by atoms with E-state index >= 15 is 0 Å². The van der Waals surface area contributed by atoms with Gasteiger partial charge in [-0.05, 0) is 73.7 Å². The molecule has 0 bridgehead atoms. The van der Waals surface area contributed by atoms with Crippen LogP contribution in [0.1, 0.15) is 42.5 Å². The molecule has 0 radical (unpaired) electrons. The van der Waals surface area contributed by atoms with Crippen LogP contribution in [0.3, 0.4) is 0 Å². The molecule has 0 spiro atoms. The number of pyridine rings is 1. The molecule has 1 fully saturated rings. The minimum atomic E-state index is -0.495. The Morgan fingerprint density at radius 1 is 1.06 bits per heavy atom. The van der Waals surface area contributed by atoms with Gasteiger partial charge in [0, 0.05) is 28.9 Å². The molecule has 0 saturated heterocycles. The fourth-order valence-corrected chi connectivity index (χ4v) is 4.74. The molecule has 7 heteroatoms. The zero-order valence-corrected chi connectivity index (χ0v) is 19.1. The Balaban J connectivity index is 1.70. The molecule has 0 unspecified atom stereocenters. The van der Waals surface area contributed by atoms with E-state index in [0.717, 1.165) is 40.6 Å². The van der Waals surface area contributed by atoms with E-state index in [-0.39, 0.29) is 17.4 Å². The smallest absolute Gasteiger partial charge is 0.254 e. The van der Waals surface area contributed by atoms with E-state index in [1.54, 1.807) is 14.2 Å². The highest BCUT2D eigenvalue weighted by Crippen LogP contribution is 2.43. The fourth-order valence-electron chi connectivity index (χ4n) is 4.74. The van der Waals surface area contributed by atoms with Gasteiger partial charge >= 0.3 is 0 Å². The average Bonchev–Trinajstić information content (AvgIpc) is 3.67. The van der Waals surface area contributed by atoms with Gasteiger partial charge in [-0.25, -0.2) is 0 Å².